The van der Waals surface area contributed by atoms with Crippen LogP contribution < -0.4 is 10.6 Å². The van der Waals surface area contributed by atoms with Crippen molar-refractivity contribution >= 4 is 21.4 Å². The van der Waals surface area contributed by atoms with E-state index in [-0.39, 0.29) is 22.5 Å². The zero-order valence-electron chi connectivity index (χ0n) is 13.9. The molecule has 132 valence electrons. The zero-order chi connectivity index (χ0) is 17.7. The van der Waals surface area contributed by atoms with Gasteiger partial charge in [0.05, 0.1) is 16.6 Å². The highest BCUT2D eigenvalue weighted by molar-refractivity contribution is 7.90. The van der Waals surface area contributed by atoms with Gasteiger partial charge in [0.25, 0.3) is 0 Å². The molecule has 0 spiro atoms. The number of benzene rings is 2. The average molecular weight is 358 g/mol. The Hall–Kier alpha value is -2.18. The predicted molar refractivity (Wildman–Crippen MR) is 98.0 cm³/mol. The second-order valence-corrected chi connectivity index (χ2v) is 8.25. The van der Waals surface area contributed by atoms with E-state index in [4.69, 9.17) is 0 Å². The fourth-order valence-electron chi connectivity index (χ4n) is 2.99. The standard InChI is InChI=1S/C19H22N2O3S/c22-19(15-8-6-12-20-13-15)21-18-11-5-4-7-16(18)14-25(23,24)17-9-2-1-3-10-17/h1-5,7,9-11,15,20H,6,8,12-14H2,(H,21,22). The summed E-state index contributed by atoms with van der Waals surface area (Å²) in [6, 6.07) is 15.5. The van der Waals surface area contributed by atoms with Crippen LogP contribution in [-0.4, -0.2) is 27.4 Å². The molecule has 1 amide bonds. The number of hydrogen-bond donors (Lipinski definition) is 2. The second-order valence-electron chi connectivity index (χ2n) is 6.26. The molecule has 3 rings (SSSR count). The van der Waals surface area contributed by atoms with Crippen molar-refractivity contribution < 1.29 is 13.2 Å². The van der Waals surface area contributed by atoms with Crippen LogP contribution in [0.5, 0.6) is 0 Å². The number of rotatable bonds is 5. The Morgan fingerprint density at radius 3 is 2.52 bits per heavy atom. The van der Waals surface area contributed by atoms with Gasteiger partial charge in [-0.2, -0.15) is 0 Å². The van der Waals surface area contributed by atoms with Gasteiger partial charge in [0.15, 0.2) is 9.84 Å². The molecular formula is C19H22N2O3S. The van der Waals surface area contributed by atoms with Crippen LogP contribution in [-0.2, 0) is 20.4 Å². The van der Waals surface area contributed by atoms with Gasteiger partial charge in [-0.3, -0.25) is 4.79 Å². The number of piperidine rings is 1. The summed E-state index contributed by atoms with van der Waals surface area (Å²) in [7, 11) is -3.46. The summed E-state index contributed by atoms with van der Waals surface area (Å²) in [5.41, 5.74) is 1.17. The van der Waals surface area contributed by atoms with Gasteiger partial charge in [0.1, 0.15) is 0 Å². The van der Waals surface area contributed by atoms with Crippen LogP contribution in [0.4, 0.5) is 5.69 Å². The first kappa shape index (κ1) is 17.6. The molecule has 0 bridgehead atoms. The fourth-order valence-corrected chi connectivity index (χ4v) is 4.39. The van der Waals surface area contributed by atoms with Gasteiger partial charge >= 0.3 is 0 Å². The molecule has 0 aliphatic carbocycles. The third-order valence-corrected chi connectivity index (χ3v) is 6.07. The Morgan fingerprint density at radius 1 is 1.08 bits per heavy atom. The molecule has 5 nitrogen and oxygen atoms in total. The van der Waals surface area contributed by atoms with Gasteiger partial charge in [-0.1, -0.05) is 36.4 Å². The van der Waals surface area contributed by atoms with Crippen molar-refractivity contribution in [3.8, 4) is 0 Å². The molecule has 2 N–H and O–H groups in total. The Balaban J connectivity index is 1.78. The molecule has 1 saturated heterocycles. The molecule has 25 heavy (non-hydrogen) atoms. The number of anilines is 1. The van der Waals surface area contributed by atoms with Crippen LogP contribution in [0.25, 0.3) is 0 Å². The molecule has 6 heteroatoms. The number of para-hydroxylation sites is 1. The normalized spacial score (nSPS) is 17.8. The largest absolute Gasteiger partial charge is 0.326 e. The highest BCUT2D eigenvalue weighted by atomic mass is 32.2. The maximum Gasteiger partial charge on any atom is 0.228 e. The van der Waals surface area contributed by atoms with Crippen LogP contribution in [0.15, 0.2) is 59.5 Å². The SMILES string of the molecule is O=C(Nc1ccccc1CS(=O)(=O)c1ccccc1)C1CCCNC1. The fraction of sp³-hybridized carbons (Fsp3) is 0.316. The Bertz CT molecular complexity index is 829. The van der Waals surface area contributed by atoms with Gasteiger partial charge in [-0.25, -0.2) is 8.42 Å². The molecular weight excluding hydrogens is 336 g/mol. The average Bonchev–Trinajstić information content (AvgIpc) is 2.64. The van der Waals surface area contributed by atoms with E-state index in [1.807, 2.05) is 0 Å². The van der Waals surface area contributed by atoms with E-state index >= 15 is 0 Å². The molecule has 1 unspecified atom stereocenters. The summed E-state index contributed by atoms with van der Waals surface area (Å²) >= 11 is 0. The zero-order valence-corrected chi connectivity index (χ0v) is 14.8. The molecule has 2 aromatic rings. The maximum atomic E-state index is 12.6. The Labute approximate surface area is 148 Å². The van der Waals surface area contributed by atoms with E-state index in [0.717, 1.165) is 19.4 Å². The lowest BCUT2D eigenvalue weighted by atomic mass is 9.98. The van der Waals surface area contributed by atoms with Crippen molar-refractivity contribution in [2.24, 2.45) is 5.92 Å². The van der Waals surface area contributed by atoms with Crippen LogP contribution in [0, 0.1) is 5.92 Å². The number of carbonyl (C=O) groups is 1. The van der Waals surface area contributed by atoms with Gasteiger partial charge in [-0.05, 0) is 43.1 Å². The lowest BCUT2D eigenvalue weighted by Crippen LogP contribution is -2.37. The number of sulfone groups is 1. The third-order valence-electron chi connectivity index (χ3n) is 4.39. The van der Waals surface area contributed by atoms with E-state index in [9.17, 15) is 13.2 Å². The van der Waals surface area contributed by atoms with E-state index in [1.54, 1.807) is 54.6 Å². The van der Waals surface area contributed by atoms with Crippen LogP contribution >= 0.6 is 0 Å². The molecule has 1 aliphatic heterocycles. The Kier molecular flexibility index (Phi) is 5.50. The molecule has 2 aromatic carbocycles. The van der Waals surface area contributed by atoms with Crippen molar-refractivity contribution in [3.63, 3.8) is 0 Å². The minimum atomic E-state index is -3.46. The molecule has 1 heterocycles. The lowest BCUT2D eigenvalue weighted by Gasteiger charge is -2.22. The molecule has 0 radical (unpaired) electrons. The van der Waals surface area contributed by atoms with Crippen LogP contribution in [0.1, 0.15) is 18.4 Å². The summed E-state index contributed by atoms with van der Waals surface area (Å²) in [4.78, 5) is 12.7. The first-order chi connectivity index (χ1) is 12.1. The molecule has 0 saturated carbocycles. The van der Waals surface area contributed by atoms with Gasteiger partial charge in [0.2, 0.25) is 5.91 Å². The monoisotopic (exact) mass is 358 g/mol. The van der Waals surface area contributed by atoms with Crippen LogP contribution in [0.2, 0.25) is 0 Å². The topological polar surface area (TPSA) is 75.3 Å². The van der Waals surface area contributed by atoms with Crippen LogP contribution in [0.3, 0.4) is 0 Å². The lowest BCUT2D eigenvalue weighted by molar-refractivity contribution is -0.120. The maximum absolute atomic E-state index is 12.6. The molecule has 0 aromatic heterocycles. The first-order valence-electron chi connectivity index (χ1n) is 8.43. The highest BCUT2D eigenvalue weighted by Gasteiger charge is 2.23. The predicted octanol–water partition coefficient (Wildman–Crippen LogP) is 2.60. The molecule has 1 fully saturated rings. The van der Waals surface area contributed by atoms with Crippen molar-refractivity contribution in [3.05, 3.63) is 60.2 Å². The summed E-state index contributed by atoms with van der Waals surface area (Å²) in [5, 5.41) is 6.13. The van der Waals surface area contributed by atoms with E-state index in [2.05, 4.69) is 10.6 Å². The number of carbonyl (C=O) groups excluding carboxylic acids is 1. The van der Waals surface area contributed by atoms with E-state index < -0.39 is 9.84 Å². The molecule has 1 atom stereocenters. The van der Waals surface area contributed by atoms with Gasteiger partial charge in [0, 0.05) is 12.2 Å². The van der Waals surface area contributed by atoms with Crippen molar-refractivity contribution in [1.82, 2.24) is 5.32 Å². The summed E-state index contributed by atoms with van der Waals surface area (Å²) < 4.78 is 25.2. The minimum Gasteiger partial charge on any atom is -0.326 e. The number of hydrogen-bond acceptors (Lipinski definition) is 4. The summed E-state index contributed by atoms with van der Waals surface area (Å²) in [6.45, 7) is 1.60. The Morgan fingerprint density at radius 2 is 1.80 bits per heavy atom. The van der Waals surface area contributed by atoms with Gasteiger partial charge < -0.3 is 10.6 Å². The van der Waals surface area contributed by atoms with E-state index in [1.165, 1.54) is 0 Å². The van der Waals surface area contributed by atoms with Gasteiger partial charge in [-0.15, -0.1) is 0 Å². The minimum absolute atomic E-state index is 0.0586. The van der Waals surface area contributed by atoms with Crippen molar-refractivity contribution in [2.75, 3.05) is 18.4 Å². The van der Waals surface area contributed by atoms with Crippen molar-refractivity contribution in [2.45, 2.75) is 23.5 Å². The van der Waals surface area contributed by atoms with E-state index in [0.29, 0.717) is 17.8 Å². The quantitative estimate of drug-likeness (QED) is 0.861. The highest BCUT2D eigenvalue weighted by Crippen LogP contribution is 2.23. The number of amides is 1. The summed E-state index contributed by atoms with van der Waals surface area (Å²) in [5.74, 6) is -0.277. The van der Waals surface area contributed by atoms with Crippen molar-refractivity contribution in [1.29, 1.82) is 0 Å². The summed E-state index contributed by atoms with van der Waals surface area (Å²) in [6.07, 6.45) is 1.82. The first-order valence-corrected chi connectivity index (χ1v) is 10.1. The number of nitrogens with one attached hydrogen (secondary N) is 2. The molecule has 1 aliphatic rings. The third kappa shape index (κ3) is 4.46. The smallest absolute Gasteiger partial charge is 0.228 e. The second kappa shape index (κ2) is 7.80.